The number of fused-ring (bicyclic) bond motifs is 3. The predicted molar refractivity (Wildman–Crippen MR) is 234 cm³/mol. The molecule has 52 heavy (non-hydrogen) atoms. The Morgan fingerprint density at radius 3 is 1.21 bits per heavy atom. The molecule has 1 unspecified atom stereocenters. The Kier molecular flexibility index (Phi) is 10.9. The van der Waals surface area contributed by atoms with Gasteiger partial charge in [-0.3, -0.25) is 0 Å². The van der Waals surface area contributed by atoms with E-state index in [0.29, 0.717) is 0 Å². The van der Waals surface area contributed by atoms with Crippen LogP contribution in [0.3, 0.4) is 0 Å². The molecule has 6 aromatic rings. The lowest BCUT2D eigenvalue weighted by atomic mass is 9.90. The molecule has 7 rings (SSSR count). The van der Waals surface area contributed by atoms with Crippen LogP contribution in [0.1, 0.15) is 79.7 Å². The van der Waals surface area contributed by atoms with Crippen LogP contribution in [0.5, 0.6) is 0 Å². The average Bonchev–Trinajstić information content (AvgIpc) is 3.40. The molecule has 0 spiro atoms. The van der Waals surface area contributed by atoms with Crippen molar-refractivity contribution in [2.24, 2.45) is 0 Å². The molecular weight excluding hydrogens is 742 g/mol. The lowest BCUT2D eigenvalue weighted by Crippen LogP contribution is -2.19. The molecule has 0 aliphatic heterocycles. The van der Waals surface area contributed by atoms with Gasteiger partial charge in [-0.1, -0.05) is 151 Å². The van der Waals surface area contributed by atoms with Gasteiger partial charge in [-0.05, 0) is 122 Å². The normalized spacial score (nSPS) is 14.6. The number of halogens is 1. The van der Waals surface area contributed by atoms with Crippen LogP contribution in [0.2, 0.25) is 0 Å². The second-order valence-electron chi connectivity index (χ2n) is 14.5. The van der Waals surface area contributed by atoms with E-state index in [2.05, 4.69) is 181 Å². The van der Waals surface area contributed by atoms with Crippen molar-refractivity contribution < 1.29 is 0 Å². The maximum Gasteiger partial charge on any atom is 0.113 e. The molecule has 1 atom stereocenters. The van der Waals surface area contributed by atoms with E-state index in [1.807, 2.05) is 12.1 Å². The largest absolute Gasteiger partial charge is 0.310 e. The van der Waals surface area contributed by atoms with Gasteiger partial charge in [0.1, 0.15) is 7.85 Å². The lowest BCUT2D eigenvalue weighted by molar-refractivity contribution is 0.563. The van der Waals surface area contributed by atoms with Gasteiger partial charge in [0, 0.05) is 34.1 Å². The molecule has 2 nitrogen and oxygen atoms in total. The summed E-state index contributed by atoms with van der Waals surface area (Å²) in [5.41, 5.74) is 16.9. The first-order chi connectivity index (χ1) is 25.2. The quantitative estimate of drug-likeness (QED) is 0.0498. The maximum absolute atomic E-state index is 6.16. The summed E-state index contributed by atoms with van der Waals surface area (Å²) in [6, 6.07) is 49.2. The van der Waals surface area contributed by atoms with Crippen LogP contribution < -0.4 is 15.3 Å². The summed E-state index contributed by atoms with van der Waals surface area (Å²) in [6.45, 7) is 8.74. The molecular formula is C48H48BIN2. The van der Waals surface area contributed by atoms with Crippen LogP contribution >= 0.6 is 22.6 Å². The highest BCUT2D eigenvalue weighted by Gasteiger charge is 2.41. The molecule has 260 valence electrons. The smallest absolute Gasteiger partial charge is 0.113 e. The van der Waals surface area contributed by atoms with E-state index in [-0.39, 0.29) is 3.42 Å². The van der Waals surface area contributed by atoms with E-state index < -0.39 is 0 Å². The van der Waals surface area contributed by atoms with Crippen molar-refractivity contribution in [3.8, 4) is 11.1 Å². The summed E-state index contributed by atoms with van der Waals surface area (Å²) in [6.07, 6.45) is 8.75. The second kappa shape index (κ2) is 15.8. The summed E-state index contributed by atoms with van der Waals surface area (Å²) >= 11 is 2.82. The Hall–Kier alpha value is -4.29. The highest BCUT2D eigenvalue weighted by atomic mass is 127. The molecule has 0 heterocycles. The first-order valence-electron chi connectivity index (χ1n) is 18.9. The Morgan fingerprint density at radius 1 is 0.462 bits per heavy atom. The van der Waals surface area contributed by atoms with Gasteiger partial charge in [0.05, 0.1) is 3.42 Å². The van der Waals surface area contributed by atoms with Crippen molar-refractivity contribution >= 4 is 70.0 Å². The third kappa shape index (κ3) is 7.46. The molecule has 0 N–H and O–H groups in total. The number of nitrogens with zero attached hydrogens (tertiary/aromatic N) is 2. The summed E-state index contributed by atoms with van der Waals surface area (Å²) in [5.74, 6) is 0. The van der Waals surface area contributed by atoms with Crippen molar-refractivity contribution in [1.29, 1.82) is 0 Å². The van der Waals surface area contributed by atoms with Crippen molar-refractivity contribution in [3.63, 3.8) is 0 Å². The van der Waals surface area contributed by atoms with Gasteiger partial charge in [0.2, 0.25) is 0 Å². The molecule has 0 fully saturated rings. The number of aryl methyl sites for hydroxylation is 3. The fourth-order valence-corrected chi connectivity index (χ4v) is 8.90. The Bertz CT molecular complexity index is 1880. The Labute approximate surface area is 326 Å². The molecule has 0 aromatic heterocycles. The number of hydrogen-bond acceptors (Lipinski definition) is 2. The fourth-order valence-electron chi connectivity index (χ4n) is 7.63. The molecule has 0 bridgehead atoms. The Morgan fingerprint density at radius 2 is 0.808 bits per heavy atom. The second-order valence-corrected chi connectivity index (χ2v) is 16.4. The number of hydrogen-bond donors (Lipinski definition) is 0. The van der Waals surface area contributed by atoms with E-state index >= 15 is 0 Å². The third-order valence-electron chi connectivity index (χ3n) is 10.6. The minimum absolute atomic E-state index is 0.175. The topological polar surface area (TPSA) is 6.48 Å². The minimum atomic E-state index is -0.175. The van der Waals surface area contributed by atoms with E-state index in [1.54, 1.807) is 0 Å². The van der Waals surface area contributed by atoms with Crippen LogP contribution in [0, 0.1) is 20.8 Å². The fraction of sp³-hybridized carbons (Fsp3) is 0.250. The third-order valence-corrected chi connectivity index (χ3v) is 12.3. The van der Waals surface area contributed by atoms with Gasteiger partial charge < -0.3 is 9.80 Å². The van der Waals surface area contributed by atoms with Crippen LogP contribution in [-0.2, 0) is 3.42 Å². The maximum atomic E-state index is 6.16. The highest BCUT2D eigenvalue weighted by Crippen LogP contribution is 2.58. The summed E-state index contributed by atoms with van der Waals surface area (Å²) in [7, 11) is 6.16. The van der Waals surface area contributed by atoms with Crippen LogP contribution in [-0.4, -0.2) is 7.85 Å². The standard InChI is InChI=1S/C48H48BIN2/c1-5-6-7-8-9-10-31-48(50)46-32-42(51(38-19-11-34(2)12-20-38)39-21-13-35(3)14-22-39)27-29-44(46)45-30-28-43(33-47(45)48)52(40-23-15-36(4)16-24-40)41-25-17-37(49)18-26-41/h11-30,32-33H,5-10,31H2,1-4H3. The number of benzene rings is 6. The van der Waals surface area contributed by atoms with Crippen LogP contribution in [0.15, 0.2) is 133 Å². The van der Waals surface area contributed by atoms with Gasteiger partial charge in [-0.25, -0.2) is 0 Å². The Balaban J connectivity index is 1.35. The summed E-state index contributed by atoms with van der Waals surface area (Å²) in [5, 5.41) is 0. The lowest BCUT2D eigenvalue weighted by Gasteiger charge is -2.30. The molecule has 2 radical (unpaired) electrons. The van der Waals surface area contributed by atoms with Crippen molar-refractivity contribution in [2.45, 2.75) is 76.1 Å². The molecule has 6 aromatic carbocycles. The van der Waals surface area contributed by atoms with Gasteiger partial charge in [-0.2, -0.15) is 0 Å². The van der Waals surface area contributed by atoms with Crippen molar-refractivity contribution in [1.82, 2.24) is 0 Å². The molecule has 0 saturated carbocycles. The molecule has 0 amide bonds. The van der Waals surface area contributed by atoms with Crippen LogP contribution in [0.4, 0.5) is 34.1 Å². The summed E-state index contributed by atoms with van der Waals surface area (Å²) in [4.78, 5) is 4.78. The first-order valence-corrected chi connectivity index (χ1v) is 20.0. The first kappa shape index (κ1) is 36.1. The highest BCUT2D eigenvalue weighted by molar-refractivity contribution is 14.1. The molecule has 0 saturated heterocycles. The average molecular weight is 791 g/mol. The summed E-state index contributed by atoms with van der Waals surface area (Å²) < 4.78 is -0.175. The number of alkyl halides is 1. The monoisotopic (exact) mass is 790 g/mol. The minimum Gasteiger partial charge on any atom is -0.310 e. The number of anilines is 6. The van der Waals surface area contributed by atoms with Crippen LogP contribution in [0.25, 0.3) is 11.1 Å². The van der Waals surface area contributed by atoms with Crippen molar-refractivity contribution in [2.75, 3.05) is 9.80 Å². The SMILES string of the molecule is [B]c1ccc(N(c2ccc(C)cc2)c2ccc3c(c2)C(I)(CCCCCCCC)c2cc(N(c4ccc(C)cc4)c4ccc(C)cc4)ccc2-3)cc1. The van der Waals surface area contributed by atoms with Gasteiger partial charge in [0.25, 0.3) is 0 Å². The molecule has 4 heteroatoms. The van der Waals surface area contributed by atoms with E-state index in [1.165, 1.54) is 94.5 Å². The van der Waals surface area contributed by atoms with E-state index in [0.717, 1.165) is 28.9 Å². The zero-order valence-electron chi connectivity index (χ0n) is 31.0. The molecule has 1 aliphatic rings. The van der Waals surface area contributed by atoms with Crippen molar-refractivity contribution in [3.05, 3.63) is 161 Å². The number of rotatable bonds is 13. The van der Waals surface area contributed by atoms with Gasteiger partial charge in [-0.15, -0.1) is 0 Å². The molecule has 1 aliphatic carbocycles. The zero-order valence-corrected chi connectivity index (χ0v) is 33.2. The van der Waals surface area contributed by atoms with E-state index in [9.17, 15) is 0 Å². The van der Waals surface area contributed by atoms with Gasteiger partial charge >= 0.3 is 0 Å². The van der Waals surface area contributed by atoms with Gasteiger partial charge in [0.15, 0.2) is 0 Å². The zero-order chi connectivity index (χ0) is 36.2. The number of unbranched alkanes of at least 4 members (excludes halogenated alkanes) is 5. The predicted octanol–water partition coefficient (Wildman–Crippen LogP) is 13.8. The van der Waals surface area contributed by atoms with E-state index in [4.69, 9.17) is 7.85 Å².